The standard InChI is InChI=1S/C28H28FN3O5/c1-28(2,3)37-27(34)31-11-4-5-24-23(16-31)22-9-8-20(13-25(22)36-24)32-12-10-21(14-26(32)33)35-17-19-7-6-18(29)15-30-19/h6-10,12-15H,4-5,11,16-17H2,1-3H3. The molecule has 192 valence electrons. The number of ether oxygens (including phenoxy) is 2. The van der Waals surface area contributed by atoms with Gasteiger partial charge in [-0.25, -0.2) is 9.18 Å². The fraction of sp³-hybridized carbons (Fsp3) is 0.321. The highest BCUT2D eigenvalue weighted by atomic mass is 19.1. The molecule has 3 aromatic heterocycles. The molecule has 9 heteroatoms. The van der Waals surface area contributed by atoms with E-state index in [2.05, 4.69) is 4.98 Å². The van der Waals surface area contributed by atoms with Crippen LogP contribution >= 0.6 is 0 Å². The Bertz CT molecular complexity index is 1500. The monoisotopic (exact) mass is 505 g/mol. The molecule has 4 aromatic rings. The van der Waals surface area contributed by atoms with Crippen LogP contribution in [0.5, 0.6) is 5.75 Å². The predicted octanol–water partition coefficient (Wildman–Crippen LogP) is 5.38. The highest BCUT2D eigenvalue weighted by Crippen LogP contribution is 2.32. The van der Waals surface area contributed by atoms with E-state index in [1.807, 2.05) is 39.0 Å². The van der Waals surface area contributed by atoms with Crippen molar-refractivity contribution in [3.05, 3.63) is 88.0 Å². The molecule has 0 bridgehead atoms. The number of rotatable bonds is 4. The minimum Gasteiger partial charge on any atom is -0.487 e. The molecule has 0 aliphatic carbocycles. The first-order chi connectivity index (χ1) is 17.7. The van der Waals surface area contributed by atoms with Crippen molar-refractivity contribution in [2.75, 3.05) is 6.54 Å². The maximum Gasteiger partial charge on any atom is 0.410 e. The van der Waals surface area contributed by atoms with Crippen LogP contribution in [0.4, 0.5) is 9.18 Å². The molecule has 1 aliphatic rings. The summed E-state index contributed by atoms with van der Waals surface area (Å²) in [6, 6.07) is 11.5. The minimum atomic E-state index is -0.564. The number of aryl methyl sites for hydroxylation is 1. The van der Waals surface area contributed by atoms with Crippen LogP contribution in [-0.4, -0.2) is 32.7 Å². The Morgan fingerprint density at radius 1 is 1.16 bits per heavy atom. The summed E-state index contributed by atoms with van der Waals surface area (Å²) in [5, 5.41) is 0.911. The maximum atomic E-state index is 13.0. The molecule has 1 amide bonds. The lowest BCUT2D eigenvalue weighted by Gasteiger charge is -2.26. The number of aromatic nitrogens is 2. The molecule has 4 heterocycles. The number of fused-ring (bicyclic) bond motifs is 3. The number of hydrogen-bond acceptors (Lipinski definition) is 6. The van der Waals surface area contributed by atoms with Crippen molar-refractivity contribution < 1.29 is 23.1 Å². The second kappa shape index (κ2) is 9.72. The molecule has 1 aliphatic heterocycles. The van der Waals surface area contributed by atoms with E-state index in [0.717, 1.165) is 29.3 Å². The molecule has 0 radical (unpaired) electrons. The van der Waals surface area contributed by atoms with Crippen LogP contribution in [-0.2, 0) is 24.3 Å². The summed E-state index contributed by atoms with van der Waals surface area (Å²) in [5.74, 6) is 0.820. The molecule has 0 atom stereocenters. The van der Waals surface area contributed by atoms with Crippen LogP contribution in [0.2, 0.25) is 0 Å². The van der Waals surface area contributed by atoms with Gasteiger partial charge in [0.15, 0.2) is 0 Å². The lowest BCUT2D eigenvalue weighted by molar-refractivity contribution is 0.0237. The van der Waals surface area contributed by atoms with E-state index < -0.39 is 11.4 Å². The topological polar surface area (TPSA) is 86.8 Å². The normalized spacial score (nSPS) is 13.8. The first-order valence-corrected chi connectivity index (χ1v) is 12.1. The van der Waals surface area contributed by atoms with Gasteiger partial charge in [-0.05, 0) is 57.5 Å². The highest BCUT2D eigenvalue weighted by molar-refractivity contribution is 5.84. The molecule has 0 saturated carbocycles. The van der Waals surface area contributed by atoms with E-state index in [0.29, 0.717) is 42.2 Å². The number of carbonyl (C=O) groups is 1. The molecule has 0 fully saturated rings. The van der Waals surface area contributed by atoms with Crippen molar-refractivity contribution in [1.29, 1.82) is 0 Å². The molecule has 0 spiro atoms. The average Bonchev–Trinajstić information content (AvgIpc) is 3.04. The van der Waals surface area contributed by atoms with E-state index in [1.54, 1.807) is 17.2 Å². The summed E-state index contributed by atoms with van der Waals surface area (Å²) in [5.41, 5.74) is 1.99. The van der Waals surface area contributed by atoms with Gasteiger partial charge in [0.05, 0.1) is 24.1 Å². The SMILES string of the molecule is CC(C)(C)OC(=O)N1CCCc2oc3cc(-n4ccc(OCc5ccc(F)cn5)cc4=O)ccc3c2C1. The number of furan rings is 1. The first-order valence-electron chi connectivity index (χ1n) is 12.1. The number of halogens is 1. The van der Waals surface area contributed by atoms with Gasteiger partial charge >= 0.3 is 6.09 Å². The van der Waals surface area contributed by atoms with Crippen molar-refractivity contribution in [2.24, 2.45) is 0 Å². The third kappa shape index (κ3) is 5.50. The van der Waals surface area contributed by atoms with Crippen LogP contribution in [0.15, 0.2) is 64.1 Å². The number of hydrogen-bond donors (Lipinski definition) is 0. The minimum absolute atomic E-state index is 0.119. The molecular formula is C28H28FN3O5. The van der Waals surface area contributed by atoms with Crippen molar-refractivity contribution in [3.8, 4) is 11.4 Å². The van der Waals surface area contributed by atoms with Crippen LogP contribution in [0.1, 0.15) is 44.2 Å². The zero-order valence-electron chi connectivity index (χ0n) is 21.0. The van der Waals surface area contributed by atoms with Crippen LogP contribution in [0, 0.1) is 5.82 Å². The summed E-state index contributed by atoms with van der Waals surface area (Å²) < 4.78 is 31.9. The number of carbonyl (C=O) groups excluding carboxylic acids is 1. The molecule has 8 nitrogen and oxygen atoms in total. The van der Waals surface area contributed by atoms with E-state index in [4.69, 9.17) is 13.9 Å². The lowest BCUT2D eigenvalue weighted by Crippen LogP contribution is -2.36. The fourth-order valence-electron chi connectivity index (χ4n) is 4.31. The zero-order chi connectivity index (χ0) is 26.2. The molecule has 0 unspecified atom stereocenters. The van der Waals surface area contributed by atoms with Gasteiger partial charge in [0.2, 0.25) is 0 Å². The van der Waals surface area contributed by atoms with Gasteiger partial charge in [-0.15, -0.1) is 0 Å². The van der Waals surface area contributed by atoms with E-state index >= 15 is 0 Å². The van der Waals surface area contributed by atoms with Gasteiger partial charge in [0, 0.05) is 42.2 Å². The first kappa shape index (κ1) is 24.5. The quantitative estimate of drug-likeness (QED) is 0.370. The van der Waals surface area contributed by atoms with Crippen molar-refractivity contribution >= 4 is 17.1 Å². The Balaban J connectivity index is 1.36. The summed E-state index contributed by atoms with van der Waals surface area (Å²) in [6.07, 6.45) is 3.90. The summed E-state index contributed by atoms with van der Waals surface area (Å²) >= 11 is 0. The fourth-order valence-corrected chi connectivity index (χ4v) is 4.31. The molecule has 5 rings (SSSR count). The van der Waals surface area contributed by atoms with Crippen LogP contribution < -0.4 is 10.3 Å². The third-order valence-corrected chi connectivity index (χ3v) is 6.04. The van der Waals surface area contributed by atoms with Crippen LogP contribution in [0.3, 0.4) is 0 Å². The second-order valence-corrected chi connectivity index (χ2v) is 10.0. The van der Waals surface area contributed by atoms with Crippen molar-refractivity contribution in [2.45, 2.75) is 52.4 Å². The second-order valence-electron chi connectivity index (χ2n) is 10.0. The van der Waals surface area contributed by atoms with Crippen molar-refractivity contribution in [3.63, 3.8) is 0 Å². The largest absolute Gasteiger partial charge is 0.487 e. The molecule has 37 heavy (non-hydrogen) atoms. The van der Waals surface area contributed by atoms with Crippen molar-refractivity contribution in [1.82, 2.24) is 14.5 Å². The smallest absolute Gasteiger partial charge is 0.410 e. The zero-order valence-corrected chi connectivity index (χ0v) is 21.0. The summed E-state index contributed by atoms with van der Waals surface area (Å²) in [7, 11) is 0. The van der Waals surface area contributed by atoms with E-state index in [9.17, 15) is 14.0 Å². The molecule has 1 aromatic carbocycles. The van der Waals surface area contributed by atoms with Gasteiger partial charge in [-0.1, -0.05) is 0 Å². The van der Waals surface area contributed by atoms with Crippen LogP contribution in [0.25, 0.3) is 16.7 Å². The number of benzene rings is 1. The number of pyridine rings is 2. The Morgan fingerprint density at radius 2 is 2.00 bits per heavy atom. The van der Waals surface area contributed by atoms with E-state index in [-0.39, 0.29) is 18.3 Å². The molecule has 0 saturated heterocycles. The Kier molecular flexibility index (Phi) is 6.45. The highest BCUT2D eigenvalue weighted by Gasteiger charge is 2.27. The van der Waals surface area contributed by atoms with Gasteiger partial charge in [0.1, 0.15) is 35.1 Å². The van der Waals surface area contributed by atoms with Gasteiger partial charge in [-0.3, -0.25) is 14.3 Å². The Morgan fingerprint density at radius 3 is 2.73 bits per heavy atom. The predicted molar refractivity (Wildman–Crippen MR) is 135 cm³/mol. The molecule has 0 N–H and O–H groups in total. The number of nitrogens with zero attached hydrogens (tertiary/aromatic N) is 3. The summed E-state index contributed by atoms with van der Waals surface area (Å²) in [4.78, 5) is 31.2. The van der Waals surface area contributed by atoms with Gasteiger partial charge in [0.25, 0.3) is 5.56 Å². The lowest BCUT2D eigenvalue weighted by atomic mass is 10.1. The Hall–Kier alpha value is -4.14. The number of amides is 1. The Labute approximate surface area is 213 Å². The summed E-state index contributed by atoms with van der Waals surface area (Å²) in [6.45, 7) is 6.68. The van der Waals surface area contributed by atoms with Gasteiger partial charge in [-0.2, -0.15) is 0 Å². The average molecular weight is 506 g/mol. The third-order valence-electron chi connectivity index (χ3n) is 6.04. The maximum absolute atomic E-state index is 13.0. The van der Waals surface area contributed by atoms with E-state index in [1.165, 1.54) is 22.8 Å². The molecular weight excluding hydrogens is 477 g/mol. The van der Waals surface area contributed by atoms with Gasteiger partial charge < -0.3 is 18.8 Å².